The minimum atomic E-state index is -0.120. The van der Waals surface area contributed by atoms with Gasteiger partial charge < -0.3 is 15.3 Å². The van der Waals surface area contributed by atoms with E-state index in [2.05, 4.69) is 5.32 Å². The minimum absolute atomic E-state index is 0.0262. The third-order valence-electron chi connectivity index (χ3n) is 5.17. The first-order chi connectivity index (χ1) is 12.0. The zero-order valence-electron chi connectivity index (χ0n) is 14.1. The molecule has 0 aromatic heterocycles. The van der Waals surface area contributed by atoms with Crippen LogP contribution in [0.5, 0.6) is 5.75 Å². The number of anilines is 1. The second-order valence-electron chi connectivity index (χ2n) is 6.67. The second kappa shape index (κ2) is 5.92. The first-order valence-electron chi connectivity index (χ1n) is 8.57. The second-order valence-corrected chi connectivity index (χ2v) is 6.67. The van der Waals surface area contributed by atoms with Crippen LogP contribution in [0.15, 0.2) is 36.4 Å². The van der Waals surface area contributed by atoms with Crippen molar-refractivity contribution in [3.8, 4) is 5.75 Å². The lowest BCUT2D eigenvalue weighted by atomic mass is 10.1. The van der Waals surface area contributed by atoms with Crippen LogP contribution in [0.2, 0.25) is 0 Å². The van der Waals surface area contributed by atoms with Gasteiger partial charge in [-0.15, -0.1) is 0 Å². The van der Waals surface area contributed by atoms with Gasteiger partial charge >= 0.3 is 0 Å². The van der Waals surface area contributed by atoms with Crippen LogP contribution in [0.1, 0.15) is 46.4 Å². The first kappa shape index (κ1) is 15.7. The van der Waals surface area contributed by atoms with E-state index in [4.69, 9.17) is 0 Å². The molecule has 1 heterocycles. The van der Waals surface area contributed by atoms with Crippen LogP contribution in [-0.4, -0.2) is 23.5 Å². The van der Waals surface area contributed by atoms with Gasteiger partial charge in [0, 0.05) is 24.7 Å². The van der Waals surface area contributed by atoms with Crippen molar-refractivity contribution in [1.82, 2.24) is 5.32 Å². The number of rotatable bonds is 2. The lowest BCUT2D eigenvalue weighted by Crippen LogP contribution is -2.27. The van der Waals surface area contributed by atoms with E-state index < -0.39 is 0 Å². The number of nitrogens with zero attached hydrogens (tertiary/aromatic N) is 1. The van der Waals surface area contributed by atoms with Crippen LogP contribution in [0.4, 0.5) is 5.69 Å². The summed E-state index contributed by atoms with van der Waals surface area (Å²) in [4.78, 5) is 26.0. The Kier molecular flexibility index (Phi) is 3.71. The van der Waals surface area contributed by atoms with Gasteiger partial charge in [0.05, 0.1) is 6.04 Å². The summed E-state index contributed by atoms with van der Waals surface area (Å²) in [5, 5.41) is 13.0. The number of carbonyl (C=O) groups is 2. The van der Waals surface area contributed by atoms with Gasteiger partial charge in [-0.2, -0.15) is 0 Å². The van der Waals surface area contributed by atoms with Crippen LogP contribution in [0.3, 0.4) is 0 Å². The van der Waals surface area contributed by atoms with Crippen LogP contribution >= 0.6 is 0 Å². The number of aromatic hydroxyl groups is 1. The Hall–Kier alpha value is -2.82. The highest BCUT2D eigenvalue weighted by Gasteiger charge is 2.27. The lowest BCUT2D eigenvalue weighted by molar-refractivity contribution is -0.116. The zero-order valence-corrected chi connectivity index (χ0v) is 14.1. The van der Waals surface area contributed by atoms with Crippen LogP contribution < -0.4 is 10.2 Å². The summed E-state index contributed by atoms with van der Waals surface area (Å²) in [6.07, 6.45) is 2.34. The zero-order chi connectivity index (χ0) is 17.6. The van der Waals surface area contributed by atoms with Crippen LogP contribution in [-0.2, 0) is 17.6 Å². The molecule has 0 saturated heterocycles. The molecule has 0 bridgehead atoms. The molecule has 1 unspecified atom stereocenters. The molecule has 5 heteroatoms. The molecule has 2 aromatic rings. The van der Waals surface area contributed by atoms with Gasteiger partial charge in [0.2, 0.25) is 5.91 Å². The molecule has 0 saturated carbocycles. The summed E-state index contributed by atoms with van der Waals surface area (Å²) in [7, 11) is 0. The van der Waals surface area contributed by atoms with Crippen molar-refractivity contribution in [3.05, 3.63) is 58.7 Å². The van der Waals surface area contributed by atoms with Crippen molar-refractivity contribution in [2.75, 3.05) is 11.4 Å². The molecule has 0 spiro atoms. The van der Waals surface area contributed by atoms with E-state index in [1.54, 1.807) is 24.0 Å². The number of hydrogen-bond acceptors (Lipinski definition) is 3. The summed E-state index contributed by atoms with van der Waals surface area (Å²) in [6.45, 7) is 2.23. The third kappa shape index (κ3) is 2.65. The molecule has 2 aromatic carbocycles. The van der Waals surface area contributed by atoms with Crippen molar-refractivity contribution >= 4 is 17.5 Å². The standard InChI is InChI=1S/C20H20N2O3/c1-12(23)22-10-9-13-11-14(5-8-18(13)22)20(25)21-17-7-6-16-15(17)3-2-4-19(16)24/h2-5,8,11,17,24H,6-7,9-10H2,1H3,(H,21,25). The number of phenols is 1. The molecule has 1 atom stereocenters. The predicted molar refractivity (Wildman–Crippen MR) is 94.8 cm³/mol. The molecular formula is C20H20N2O3. The molecule has 1 aliphatic carbocycles. The van der Waals surface area contributed by atoms with E-state index in [0.29, 0.717) is 17.9 Å². The summed E-state index contributed by atoms with van der Waals surface area (Å²) >= 11 is 0. The van der Waals surface area contributed by atoms with Gasteiger partial charge in [-0.3, -0.25) is 9.59 Å². The SMILES string of the molecule is CC(=O)N1CCc2cc(C(=O)NC3CCc4c(O)cccc43)ccc21. The number of carbonyl (C=O) groups excluding carboxylic acids is 2. The van der Waals surface area contributed by atoms with Crippen LogP contribution in [0.25, 0.3) is 0 Å². The maximum absolute atomic E-state index is 12.7. The van der Waals surface area contributed by atoms with Gasteiger partial charge in [-0.05, 0) is 60.2 Å². The Labute approximate surface area is 146 Å². The summed E-state index contributed by atoms with van der Waals surface area (Å²) < 4.78 is 0. The maximum Gasteiger partial charge on any atom is 0.251 e. The summed E-state index contributed by atoms with van der Waals surface area (Å²) in [5.41, 5.74) is 4.47. The van der Waals surface area contributed by atoms with Crippen molar-refractivity contribution in [1.29, 1.82) is 0 Å². The third-order valence-corrected chi connectivity index (χ3v) is 5.17. The molecule has 5 nitrogen and oxygen atoms in total. The molecule has 1 aliphatic heterocycles. The molecular weight excluding hydrogens is 316 g/mol. The predicted octanol–water partition coefficient (Wildman–Crippen LogP) is 2.72. The van der Waals surface area contributed by atoms with Gasteiger partial charge in [0.25, 0.3) is 5.91 Å². The topological polar surface area (TPSA) is 69.6 Å². The fraction of sp³-hybridized carbons (Fsp3) is 0.300. The van der Waals surface area contributed by atoms with Crippen LogP contribution in [0, 0.1) is 0 Å². The van der Waals surface area contributed by atoms with Gasteiger partial charge in [-0.1, -0.05) is 12.1 Å². The molecule has 25 heavy (non-hydrogen) atoms. The first-order valence-corrected chi connectivity index (χ1v) is 8.57. The summed E-state index contributed by atoms with van der Waals surface area (Å²) in [6, 6.07) is 10.9. The van der Waals surface area contributed by atoms with E-state index in [-0.39, 0.29) is 17.9 Å². The largest absolute Gasteiger partial charge is 0.508 e. The van der Waals surface area contributed by atoms with E-state index in [0.717, 1.165) is 41.6 Å². The number of amides is 2. The molecule has 128 valence electrons. The van der Waals surface area contributed by atoms with E-state index in [1.807, 2.05) is 24.3 Å². The average Bonchev–Trinajstić information content (AvgIpc) is 3.19. The average molecular weight is 336 g/mol. The number of fused-ring (bicyclic) bond motifs is 2. The van der Waals surface area contributed by atoms with E-state index in [9.17, 15) is 14.7 Å². The molecule has 0 fully saturated rings. The van der Waals surface area contributed by atoms with Crippen molar-refractivity contribution < 1.29 is 14.7 Å². The minimum Gasteiger partial charge on any atom is -0.508 e. The van der Waals surface area contributed by atoms with Gasteiger partial charge in [-0.25, -0.2) is 0 Å². The fourth-order valence-electron chi connectivity index (χ4n) is 3.90. The number of benzene rings is 2. The molecule has 2 N–H and O–H groups in total. The lowest BCUT2D eigenvalue weighted by Gasteiger charge is -2.16. The molecule has 0 radical (unpaired) electrons. The smallest absolute Gasteiger partial charge is 0.251 e. The molecule has 2 aliphatic rings. The quantitative estimate of drug-likeness (QED) is 0.886. The monoisotopic (exact) mass is 336 g/mol. The highest BCUT2D eigenvalue weighted by molar-refractivity contribution is 5.98. The Bertz CT molecular complexity index is 875. The van der Waals surface area contributed by atoms with E-state index in [1.165, 1.54) is 0 Å². The fourth-order valence-corrected chi connectivity index (χ4v) is 3.90. The van der Waals surface area contributed by atoms with Gasteiger partial charge in [0.1, 0.15) is 5.75 Å². The van der Waals surface area contributed by atoms with Crippen molar-refractivity contribution in [3.63, 3.8) is 0 Å². The van der Waals surface area contributed by atoms with Crippen molar-refractivity contribution in [2.45, 2.75) is 32.2 Å². The maximum atomic E-state index is 12.7. The Morgan fingerprint density at radius 2 is 2.04 bits per heavy atom. The number of nitrogens with one attached hydrogen (secondary N) is 1. The molecule has 2 amide bonds. The summed E-state index contributed by atoms with van der Waals surface area (Å²) in [5.74, 6) is 0.208. The van der Waals surface area contributed by atoms with Crippen molar-refractivity contribution in [2.24, 2.45) is 0 Å². The Balaban J connectivity index is 1.54. The number of phenolic OH excluding ortho intramolecular Hbond substituents is 1. The van der Waals surface area contributed by atoms with E-state index >= 15 is 0 Å². The highest BCUT2D eigenvalue weighted by Crippen LogP contribution is 2.36. The Morgan fingerprint density at radius 3 is 2.84 bits per heavy atom. The Morgan fingerprint density at radius 1 is 1.20 bits per heavy atom. The number of hydrogen-bond donors (Lipinski definition) is 2. The molecule has 4 rings (SSSR count). The highest BCUT2D eigenvalue weighted by atomic mass is 16.3. The normalized spacial score (nSPS) is 18.0. The van der Waals surface area contributed by atoms with Gasteiger partial charge in [0.15, 0.2) is 0 Å².